The summed E-state index contributed by atoms with van der Waals surface area (Å²) in [7, 11) is 0. The van der Waals surface area contributed by atoms with Gasteiger partial charge in [0.05, 0.1) is 5.75 Å². The number of aromatic amines is 1. The molecule has 2 aromatic rings. The molecule has 1 atom stereocenters. The molecule has 0 aliphatic carbocycles. The SMILES string of the molecule is CC(C)(C)SCC(=O)NC(Cc1c[nH]c2ccccc12)C(=O)O. The largest absolute Gasteiger partial charge is 0.480 e. The fraction of sp³-hybridized carbons (Fsp3) is 0.412. The molecule has 0 fully saturated rings. The third-order valence-electron chi connectivity index (χ3n) is 3.37. The highest BCUT2D eigenvalue weighted by atomic mass is 32.2. The van der Waals surface area contributed by atoms with E-state index in [1.54, 1.807) is 6.20 Å². The lowest BCUT2D eigenvalue weighted by Crippen LogP contribution is -2.43. The molecule has 6 heteroatoms. The Kier molecular flexibility index (Phi) is 5.36. The molecule has 0 saturated carbocycles. The Balaban J connectivity index is 2.04. The Morgan fingerprint density at radius 2 is 2.00 bits per heavy atom. The zero-order valence-electron chi connectivity index (χ0n) is 13.6. The van der Waals surface area contributed by atoms with Crippen molar-refractivity contribution in [2.75, 3.05) is 5.75 Å². The Hall–Kier alpha value is -1.95. The van der Waals surface area contributed by atoms with Crippen molar-refractivity contribution >= 4 is 34.5 Å². The van der Waals surface area contributed by atoms with Crippen LogP contribution in [0.2, 0.25) is 0 Å². The number of carbonyl (C=O) groups excluding carboxylic acids is 1. The minimum absolute atomic E-state index is 0.0348. The average molecular weight is 334 g/mol. The molecule has 23 heavy (non-hydrogen) atoms. The van der Waals surface area contributed by atoms with Crippen LogP contribution in [0.25, 0.3) is 10.9 Å². The summed E-state index contributed by atoms with van der Waals surface area (Å²) >= 11 is 1.49. The first-order valence-corrected chi connectivity index (χ1v) is 8.46. The number of fused-ring (bicyclic) bond motifs is 1. The van der Waals surface area contributed by atoms with E-state index in [1.165, 1.54) is 11.8 Å². The highest BCUT2D eigenvalue weighted by Crippen LogP contribution is 2.23. The van der Waals surface area contributed by atoms with E-state index in [9.17, 15) is 14.7 Å². The first-order valence-electron chi connectivity index (χ1n) is 7.47. The zero-order chi connectivity index (χ0) is 17.0. The number of H-pyrrole nitrogens is 1. The number of rotatable bonds is 6. The van der Waals surface area contributed by atoms with Crippen molar-refractivity contribution in [1.29, 1.82) is 0 Å². The van der Waals surface area contributed by atoms with Gasteiger partial charge in [0.25, 0.3) is 0 Å². The minimum atomic E-state index is -1.02. The minimum Gasteiger partial charge on any atom is -0.480 e. The summed E-state index contributed by atoms with van der Waals surface area (Å²) < 4.78 is -0.0348. The number of hydrogen-bond acceptors (Lipinski definition) is 3. The van der Waals surface area contributed by atoms with Gasteiger partial charge in [-0.15, -0.1) is 11.8 Å². The monoisotopic (exact) mass is 334 g/mol. The van der Waals surface area contributed by atoms with Crippen molar-refractivity contribution in [3.8, 4) is 0 Å². The maximum Gasteiger partial charge on any atom is 0.326 e. The van der Waals surface area contributed by atoms with Crippen LogP contribution in [0.5, 0.6) is 0 Å². The molecule has 1 aromatic heterocycles. The van der Waals surface area contributed by atoms with Crippen LogP contribution >= 0.6 is 11.8 Å². The topological polar surface area (TPSA) is 82.2 Å². The molecule has 0 aliphatic rings. The standard InChI is InChI=1S/C17H22N2O3S/c1-17(2,3)23-10-15(20)19-14(16(21)22)8-11-9-18-13-7-5-4-6-12(11)13/h4-7,9,14,18H,8,10H2,1-3H3,(H,19,20)(H,21,22). The molecule has 0 bridgehead atoms. The summed E-state index contributed by atoms with van der Waals surface area (Å²) in [5.74, 6) is -1.03. The smallest absolute Gasteiger partial charge is 0.326 e. The molecular formula is C17H22N2O3S. The van der Waals surface area contributed by atoms with Crippen LogP contribution in [-0.4, -0.2) is 38.5 Å². The van der Waals surface area contributed by atoms with Gasteiger partial charge in [0.1, 0.15) is 6.04 Å². The molecule has 1 heterocycles. The van der Waals surface area contributed by atoms with Gasteiger partial charge in [-0.3, -0.25) is 4.79 Å². The summed E-state index contributed by atoms with van der Waals surface area (Å²) in [6.45, 7) is 6.06. The average Bonchev–Trinajstić information content (AvgIpc) is 2.87. The van der Waals surface area contributed by atoms with Gasteiger partial charge in [-0.05, 0) is 11.6 Å². The number of nitrogens with one attached hydrogen (secondary N) is 2. The molecule has 124 valence electrons. The van der Waals surface area contributed by atoms with E-state index < -0.39 is 12.0 Å². The number of carboxylic acids is 1. The normalized spacial score (nSPS) is 13.0. The van der Waals surface area contributed by atoms with E-state index in [4.69, 9.17) is 0 Å². The molecule has 0 spiro atoms. The van der Waals surface area contributed by atoms with Crippen molar-refractivity contribution < 1.29 is 14.7 Å². The Bertz CT molecular complexity index is 703. The van der Waals surface area contributed by atoms with Crippen molar-refractivity contribution in [2.45, 2.75) is 38.0 Å². The second-order valence-electron chi connectivity index (χ2n) is 6.42. The van der Waals surface area contributed by atoms with Crippen LogP contribution < -0.4 is 5.32 Å². The van der Waals surface area contributed by atoms with Gasteiger partial charge in [0, 0.05) is 28.3 Å². The lowest BCUT2D eigenvalue weighted by Gasteiger charge is -2.19. The van der Waals surface area contributed by atoms with Crippen LogP contribution in [0.15, 0.2) is 30.5 Å². The highest BCUT2D eigenvalue weighted by Gasteiger charge is 2.23. The van der Waals surface area contributed by atoms with Crippen LogP contribution in [-0.2, 0) is 16.0 Å². The molecule has 0 saturated heterocycles. The predicted molar refractivity (Wildman–Crippen MR) is 93.8 cm³/mol. The van der Waals surface area contributed by atoms with E-state index >= 15 is 0 Å². The molecule has 5 nitrogen and oxygen atoms in total. The van der Waals surface area contributed by atoms with Gasteiger partial charge in [-0.25, -0.2) is 4.79 Å². The number of carbonyl (C=O) groups is 2. The first-order chi connectivity index (χ1) is 10.8. The maximum atomic E-state index is 12.0. The molecule has 0 radical (unpaired) electrons. The maximum absolute atomic E-state index is 12.0. The second kappa shape index (κ2) is 7.08. The Morgan fingerprint density at radius 1 is 1.30 bits per heavy atom. The van der Waals surface area contributed by atoms with E-state index in [0.717, 1.165) is 16.5 Å². The van der Waals surface area contributed by atoms with Crippen molar-refractivity contribution in [2.24, 2.45) is 0 Å². The van der Waals surface area contributed by atoms with E-state index in [2.05, 4.69) is 10.3 Å². The number of thioether (sulfide) groups is 1. The van der Waals surface area contributed by atoms with Crippen LogP contribution in [0.3, 0.4) is 0 Å². The van der Waals surface area contributed by atoms with Crippen LogP contribution in [0, 0.1) is 0 Å². The number of aliphatic carboxylic acids is 1. The number of amides is 1. The molecule has 2 rings (SSSR count). The number of para-hydroxylation sites is 1. The molecule has 1 amide bonds. The predicted octanol–water partition coefficient (Wildman–Crippen LogP) is 2.81. The van der Waals surface area contributed by atoms with E-state index in [1.807, 2.05) is 45.0 Å². The summed E-state index contributed by atoms with van der Waals surface area (Å²) in [4.78, 5) is 26.6. The zero-order valence-corrected chi connectivity index (χ0v) is 14.4. The number of benzene rings is 1. The van der Waals surface area contributed by atoms with Crippen LogP contribution in [0.4, 0.5) is 0 Å². The third-order valence-corrected chi connectivity index (χ3v) is 4.64. The third kappa shape index (κ3) is 5.03. The summed E-state index contributed by atoms with van der Waals surface area (Å²) in [5.41, 5.74) is 1.85. The second-order valence-corrected chi connectivity index (χ2v) is 8.23. The van der Waals surface area contributed by atoms with Gasteiger partial charge >= 0.3 is 5.97 Å². The lowest BCUT2D eigenvalue weighted by molar-refractivity contribution is -0.141. The van der Waals surface area contributed by atoms with Gasteiger partial charge < -0.3 is 15.4 Å². The van der Waals surface area contributed by atoms with Crippen molar-refractivity contribution in [3.05, 3.63) is 36.0 Å². The summed E-state index contributed by atoms with van der Waals surface area (Å²) in [6, 6.07) is 6.78. The Labute approximate surface area is 139 Å². The van der Waals surface area contributed by atoms with E-state index in [-0.39, 0.29) is 22.8 Å². The summed E-state index contributed by atoms with van der Waals surface area (Å²) in [5, 5.41) is 13.0. The highest BCUT2D eigenvalue weighted by molar-refractivity contribution is 8.01. The number of carboxylic acid groups (broad SMARTS) is 1. The fourth-order valence-corrected chi connectivity index (χ4v) is 2.89. The van der Waals surface area contributed by atoms with Gasteiger partial charge in [-0.1, -0.05) is 39.0 Å². The molecule has 1 unspecified atom stereocenters. The first kappa shape index (κ1) is 17.4. The Morgan fingerprint density at radius 3 is 2.65 bits per heavy atom. The molecule has 1 aromatic carbocycles. The van der Waals surface area contributed by atoms with Gasteiger partial charge in [-0.2, -0.15) is 0 Å². The van der Waals surface area contributed by atoms with Crippen molar-refractivity contribution in [3.63, 3.8) is 0 Å². The fourth-order valence-electron chi connectivity index (χ4n) is 2.24. The van der Waals surface area contributed by atoms with Crippen molar-refractivity contribution in [1.82, 2.24) is 10.3 Å². The quantitative estimate of drug-likeness (QED) is 0.759. The van der Waals surface area contributed by atoms with Crippen LogP contribution in [0.1, 0.15) is 26.3 Å². The van der Waals surface area contributed by atoms with E-state index in [0.29, 0.717) is 0 Å². The number of hydrogen-bond donors (Lipinski definition) is 3. The number of aromatic nitrogens is 1. The van der Waals surface area contributed by atoms with Gasteiger partial charge in [0.2, 0.25) is 5.91 Å². The van der Waals surface area contributed by atoms with Gasteiger partial charge in [0.15, 0.2) is 0 Å². The lowest BCUT2D eigenvalue weighted by atomic mass is 10.1. The molecule has 0 aliphatic heterocycles. The molecule has 3 N–H and O–H groups in total. The molecular weight excluding hydrogens is 312 g/mol. The summed E-state index contributed by atoms with van der Waals surface area (Å²) in [6.07, 6.45) is 2.06.